The van der Waals surface area contributed by atoms with Gasteiger partial charge in [0, 0.05) is 17.0 Å². The van der Waals surface area contributed by atoms with Gasteiger partial charge in [-0.2, -0.15) is 4.52 Å². The molecule has 4 heteroatoms. The zero-order valence-corrected chi connectivity index (χ0v) is 13.1. The smallest absolute Gasteiger partial charge is 0.246 e. The Kier molecular flexibility index (Phi) is 3.23. The molecule has 0 spiro atoms. The highest BCUT2D eigenvalue weighted by molar-refractivity contribution is 5.64. The lowest BCUT2D eigenvalue weighted by molar-refractivity contribution is 0.606. The van der Waals surface area contributed by atoms with Crippen LogP contribution in [0.2, 0.25) is 0 Å². The first-order chi connectivity index (χ1) is 11.2. The van der Waals surface area contributed by atoms with E-state index in [9.17, 15) is 0 Å². The molecule has 114 valence electrons. The lowest BCUT2D eigenvalue weighted by Crippen LogP contribution is -1.90. The van der Waals surface area contributed by atoms with Crippen molar-refractivity contribution in [1.82, 2.24) is 14.6 Å². The van der Waals surface area contributed by atoms with Gasteiger partial charge in [0.2, 0.25) is 11.6 Å². The summed E-state index contributed by atoms with van der Waals surface area (Å²) in [6, 6.07) is 20.0. The van der Waals surface area contributed by atoms with Gasteiger partial charge >= 0.3 is 0 Å². The first-order valence-electron chi connectivity index (χ1n) is 7.74. The number of fused-ring (bicyclic) bond motifs is 1. The van der Waals surface area contributed by atoms with E-state index in [0.717, 1.165) is 28.4 Å². The Morgan fingerprint density at radius 3 is 2.09 bits per heavy atom. The highest BCUT2D eigenvalue weighted by Crippen LogP contribution is 2.30. The molecule has 0 unspecified atom stereocenters. The second-order valence-electron chi connectivity index (χ2n) is 5.83. The second kappa shape index (κ2) is 5.39. The number of hydrogen-bond acceptors (Lipinski definition) is 3. The van der Waals surface area contributed by atoms with Crippen LogP contribution in [0.3, 0.4) is 0 Å². The molecule has 0 fully saturated rings. The summed E-state index contributed by atoms with van der Waals surface area (Å²) in [5, 5.41) is 4.65. The molecule has 0 saturated heterocycles. The summed E-state index contributed by atoms with van der Waals surface area (Å²) in [7, 11) is 0. The minimum Gasteiger partial charge on any atom is -0.416 e. The van der Waals surface area contributed by atoms with Crippen molar-refractivity contribution in [3.8, 4) is 22.8 Å². The van der Waals surface area contributed by atoms with Gasteiger partial charge < -0.3 is 4.42 Å². The van der Waals surface area contributed by atoms with Gasteiger partial charge in [0.05, 0.1) is 0 Å². The number of nitrogens with zero attached hydrogens (tertiary/aromatic N) is 3. The van der Waals surface area contributed by atoms with Crippen molar-refractivity contribution in [1.29, 1.82) is 0 Å². The number of imidazole rings is 1. The third-order valence-electron chi connectivity index (χ3n) is 3.82. The molecule has 0 N–H and O–H groups in total. The normalized spacial score (nSPS) is 11.4. The summed E-state index contributed by atoms with van der Waals surface area (Å²) < 4.78 is 7.85. The molecule has 4 aromatic rings. The Balaban J connectivity index is 1.96. The lowest BCUT2D eigenvalue weighted by Gasteiger charge is -1.99. The molecule has 0 saturated carbocycles. The first kappa shape index (κ1) is 13.8. The number of rotatable bonds is 3. The molecule has 2 aromatic heterocycles. The van der Waals surface area contributed by atoms with E-state index in [-0.39, 0.29) is 5.92 Å². The van der Waals surface area contributed by atoms with Crippen molar-refractivity contribution in [2.24, 2.45) is 0 Å². The van der Waals surface area contributed by atoms with Crippen LogP contribution in [0, 0.1) is 0 Å². The fourth-order valence-corrected chi connectivity index (χ4v) is 2.65. The van der Waals surface area contributed by atoms with E-state index < -0.39 is 0 Å². The van der Waals surface area contributed by atoms with Crippen molar-refractivity contribution in [3.63, 3.8) is 0 Å². The fraction of sp³-hybridized carbons (Fsp3) is 0.158. The molecule has 0 amide bonds. The molecule has 0 aliphatic carbocycles. The Morgan fingerprint density at radius 2 is 1.48 bits per heavy atom. The van der Waals surface area contributed by atoms with Crippen molar-refractivity contribution < 1.29 is 4.42 Å². The minimum absolute atomic E-state index is 0.263. The molecule has 0 radical (unpaired) electrons. The Hall–Kier alpha value is -2.88. The van der Waals surface area contributed by atoms with Crippen molar-refractivity contribution in [2.45, 2.75) is 19.8 Å². The fourth-order valence-electron chi connectivity index (χ4n) is 2.65. The monoisotopic (exact) mass is 303 g/mol. The molecule has 0 atom stereocenters. The molecule has 0 aliphatic rings. The van der Waals surface area contributed by atoms with Crippen LogP contribution in [0.4, 0.5) is 0 Å². The summed E-state index contributed by atoms with van der Waals surface area (Å²) in [5.41, 5.74) is 3.64. The largest absolute Gasteiger partial charge is 0.416 e. The van der Waals surface area contributed by atoms with E-state index in [1.807, 2.05) is 65.2 Å². The van der Waals surface area contributed by atoms with E-state index in [1.165, 1.54) is 0 Å². The van der Waals surface area contributed by atoms with Gasteiger partial charge in [-0.1, -0.05) is 62.4 Å². The van der Waals surface area contributed by atoms with Crippen LogP contribution in [-0.2, 0) is 0 Å². The molecule has 0 bridgehead atoms. The van der Waals surface area contributed by atoms with Crippen LogP contribution in [0.1, 0.15) is 25.5 Å². The second-order valence-corrected chi connectivity index (χ2v) is 5.83. The van der Waals surface area contributed by atoms with Crippen LogP contribution in [-0.4, -0.2) is 14.6 Å². The van der Waals surface area contributed by atoms with E-state index in [0.29, 0.717) is 5.89 Å². The number of hydrogen-bond donors (Lipinski definition) is 0. The highest BCUT2D eigenvalue weighted by atomic mass is 16.4. The van der Waals surface area contributed by atoms with Gasteiger partial charge in [-0.15, -0.1) is 5.10 Å². The summed E-state index contributed by atoms with van der Waals surface area (Å²) in [5.74, 6) is 1.69. The summed E-state index contributed by atoms with van der Waals surface area (Å²) in [6.45, 7) is 4.23. The SMILES string of the molecule is CC(C)c1nc(-c2ccccc2)n2nc(-c3ccccc3)oc12. The molecule has 4 rings (SSSR count). The molecule has 23 heavy (non-hydrogen) atoms. The maximum Gasteiger partial charge on any atom is 0.246 e. The van der Waals surface area contributed by atoms with Crippen LogP contribution in [0.15, 0.2) is 65.1 Å². The van der Waals surface area contributed by atoms with Crippen LogP contribution >= 0.6 is 0 Å². The van der Waals surface area contributed by atoms with Crippen LogP contribution < -0.4 is 0 Å². The van der Waals surface area contributed by atoms with E-state index >= 15 is 0 Å². The van der Waals surface area contributed by atoms with Gasteiger partial charge in [0.15, 0.2) is 5.82 Å². The zero-order valence-electron chi connectivity index (χ0n) is 13.1. The average molecular weight is 303 g/mol. The maximum absolute atomic E-state index is 6.04. The number of benzene rings is 2. The van der Waals surface area contributed by atoms with Gasteiger partial charge in [0.1, 0.15) is 5.69 Å². The molecule has 0 aliphatic heterocycles. The zero-order chi connectivity index (χ0) is 15.8. The number of aromatic nitrogens is 3. The van der Waals surface area contributed by atoms with E-state index in [2.05, 4.69) is 18.9 Å². The predicted octanol–water partition coefficient (Wildman–Crippen LogP) is 4.78. The summed E-state index contributed by atoms with van der Waals surface area (Å²) >= 11 is 0. The molecule has 2 aromatic carbocycles. The standard InChI is InChI=1S/C19H17N3O/c1-13(2)16-19-22(17(20-16)14-9-5-3-6-10-14)21-18(23-19)15-11-7-4-8-12-15/h3-13H,1-2H3. The Labute approximate surface area is 134 Å². The van der Waals surface area contributed by atoms with Gasteiger partial charge in [0.25, 0.3) is 0 Å². The van der Waals surface area contributed by atoms with Crippen molar-refractivity contribution >= 4 is 5.71 Å². The third kappa shape index (κ3) is 2.32. The minimum atomic E-state index is 0.263. The Morgan fingerprint density at radius 1 is 0.870 bits per heavy atom. The molecule has 4 nitrogen and oxygen atoms in total. The maximum atomic E-state index is 6.04. The van der Waals surface area contributed by atoms with E-state index in [4.69, 9.17) is 9.40 Å². The summed E-state index contributed by atoms with van der Waals surface area (Å²) in [6.07, 6.45) is 0. The van der Waals surface area contributed by atoms with E-state index in [1.54, 1.807) is 0 Å². The van der Waals surface area contributed by atoms with Crippen molar-refractivity contribution in [3.05, 3.63) is 66.4 Å². The van der Waals surface area contributed by atoms with Gasteiger partial charge in [-0.05, 0) is 12.1 Å². The highest BCUT2D eigenvalue weighted by Gasteiger charge is 2.21. The van der Waals surface area contributed by atoms with Crippen LogP contribution in [0.25, 0.3) is 28.6 Å². The predicted molar refractivity (Wildman–Crippen MR) is 90.2 cm³/mol. The Bertz CT molecular complexity index is 937. The van der Waals surface area contributed by atoms with Crippen LogP contribution in [0.5, 0.6) is 0 Å². The topological polar surface area (TPSA) is 43.3 Å². The molecular formula is C19H17N3O. The molecular weight excluding hydrogens is 286 g/mol. The lowest BCUT2D eigenvalue weighted by atomic mass is 10.1. The quantitative estimate of drug-likeness (QED) is 0.547. The van der Waals surface area contributed by atoms with Gasteiger partial charge in [-0.25, -0.2) is 4.98 Å². The molecule has 2 heterocycles. The summed E-state index contributed by atoms with van der Waals surface area (Å²) in [4.78, 5) is 4.76. The first-order valence-corrected chi connectivity index (χ1v) is 7.74. The van der Waals surface area contributed by atoms with Crippen molar-refractivity contribution in [2.75, 3.05) is 0 Å². The third-order valence-corrected chi connectivity index (χ3v) is 3.82. The average Bonchev–Trinajstić information content (AvgIpc) is 3.15. The van der Waals surface area contributed by atoms with Gasteiger partial charge in [-0.3, -0.25) is 0 Å².